The standard InChI is InChI=1S/C21H15N5O5S/c1-11-2-6-15-17(8-11)24-20(22-15)12-3-5-14(19(9-12)26(27)28)21-23-16-7-4-13(32(29,30)31)10-18(16)25-21/h2-10H,1H3,(H,22,24)(H,23,25)(H,29,30,31). The lowest BCUT2D eigenvalue weighted by atomic mass is 10.1. The molecule has 0 saturated heterocycles. The van der Waals surface area contributed by atoms with Crippen LogP contribution >= 0.6 is 0 Å². The molecule has 3 N–H and O–H groups in total. The molecule has 0 amide bonds. The molecule has 2 aromatic heterocycles. The molecule has 0 unspecified atom stereocenters. The molecule has 3 aromatic carbocycles. The molecule has 10 nitrogen and oxygen atoms in total. The Labute approximate surface area is 180 Å². The van der Waals surface area contributed by atoms with Crippen molar-refractivity contribution in [1.82, 2.24) is 19.9 Å². The van der Waals surface area contributed by atoms with Crippen molar-refractivity contribution in [3.05, 3.63) is 70.3 Å². The van der Waals surface area contributed by atoms with Crippen LogP contribution in [0.5, 0.6) is 0 Å². The number of aromatic nitrogens is 4. The van der Waals surface area contributed by atoms with Gasteiger partial charge in [0.15, 0.2) is 0 Å². The van der Waals surface area contributed by atoms with E-state index in [4.69, 9.17) is 0 Å². The Kier molecular flexibility index (Phi) is 4.32. The predicted molar refractivity (Wildman–Crippen MR) is 118 cm³/mol. The Morgan fingerprint density at radius 3 is 2.28 bits per heavy atom. The summed E-state index contributed by atoms with van der Waals surface area (Å²) >= 11 is 0. The normalized spacial score (nSPS) is 11.9. The van der Waals surface area contributed by atoms with Crippen LogP contribution in [0.3, 0.4) is 0 Å². The van der Waals surface area contributed by atoms with Crippen molar-refractivity contribution in [2.24, 2.45) is 0 Å². The molecular formula is C21H15N5O5S. The van der Waals surface area contributed by atoms with Crippen molar-refractivity contribution in [3.8, 4) is 22.8 Å². The summed E-state index contributed by atoms with van der Waals surface area (Å²) in [5.41, 5.74) is 3.96. The molecule has 0 bridgehead atoms. The van der Waals surface area contributed by atoms with Crippen LogP contribution in [0.4, 0.5) is 5.69 Å². The lowest BCUT2D eigenvalue weighted by Crippen LogP contribution is -1.97. The minimum atomic E-state index is -4.39. The molecule has 32 heavy (non-hydrogen) atoms. The summed E-state index contributed by atoms with van der Waals surface area (Å²) in [6, 6.07) is 14.3. The quantitative estimate of drug-likeness (QED) is 0.210. The number of hydrogen-bond acceptors (Lipinski definition) is 6. The average Bonchev–Trinajstić information content (AvgIpc) is 3.35. The van der Waals surface area contributed by atoms with Gasteiger partial charge in [-0.15, -0.1) is 0 Å². The van der Waals surface area contributed by atoms with Gasteiger partial charge in [0.1, 0.15) is 11.6 Å². The molecule has 0 atom stereocenters. The van der Waals surface area contributed by atoms with Gasteiger partial charge in [-0.2, -0.15) is 8.42 Å². The van der Waals surface area contributed by atoms with E-state index in [0.29, 0.717) is 22.4 Å². The first-order valence-corrected chi connectivity index (χ1v) is 10.9. The molecular weight excluding hydrogens is 434 g/mol. The van der Waals surface area contributed by atoms with Gasteiger partial charge in [-0.25, -0.2) is 9.97 Å². The number of nitrogens with zero attached hydrogens (tertiary/aromatic N) is 3. The van der Waals surface area contributed by atoms with Crippen molar-refractivity contribution in [3.63, 3.8) is 0 Å². The Balaban J connectivity index is 1.62. The highest BCUT2D eigenvalue weighted by Crippen LogP contribution is 2.34. The van der Waals surface area contributed by atoms with Crippen LogP contribution in [0.1, 0.15) is 5.56 Å². The second kappa shape index (κ2) is 6.97. The molecule has 0 radical (unpaired) electrons. The van der Waals surface area contributed by atoms with Gasteiger partial charge in [-0.1, -0.05) is 12.1 Å². The van der Waals surface area contributed by atoms with Crippen LogP contribution in [0.25, 0.3) is 44.8 Å². The summed E-state index contributed by atoms with van der Waals surface area (Å²) in [5.74, 6) is 0.702. The van der Waals surface area contributed by atoms with Crippen LogP contribution in [0.2, 0.25) is 0 Å². The Morgan fingerprint density at radius 1 is 0.906 bits per heavy atom. The number of nitro groups is 1. The predicted octanol–water partition coefficient (Wildman–Crippen LogP) is 4.24. The molecule has 0 saturated carbocycles. The van der Waals surface area contributed by atoms with E-state index in [1.54, 1.807) is 12.1 Å². The first kappa shape index (κ1) is 19.8. The van der Waals surface area contributed by atoms with Gasteiger partial charge >= 0.3 is 0 Å². The highest BCUT2D eigenvalue weighted by atomic mass is 32.2. The van der Waals surface area contributed by atoms with Crippen molar-refractivity contribution >= 4 is 37.9 Å². The van der Waals surface area contributed by atoms with Crippen molar-refractivity contribution in [2.75, 3.05) is 0 Å². The Hall–Kier alpha value is -4.09. The summed E-state index contributed by atoms with van der Waals surface area (Å²) < 4.78 is 32.0. The largest absolute Gasteiger partial charge is 0.338 e. The van der Waals surface area contributed by atoms with E-state index < -0.39 is 15.0 Å². The number of rotatable bonds is 4. The minimum Gasteiger partial charge on any atom is -0.338 e. The second-order valence-corrected chi connectivity index (χ2v) is 8.76. The van der Waals surface area contributed by atoms with Crippen molar-refractivity contribution in [1.29, 1.82) is 0 Å². The van der Waals surface area contributed by atoms with Gasteiger partial charge in [0, 0.05) is 11.6 Å². The summed E-state index contributed by atoms with van der Waals surface area (Å²) in [6.45, 7) is 1.96. The summed E-state index contributed by atoms with van der Waals surface area (Å²) in [7, 11) is -4.39. The number of fused-ring (bicyclic) bond motifs is 2. The maximum atomic E-state index is 11.8. The molecule has 0 fully saturated rings. The zero-order valence-corrected chi connectivity index (χ0v) is 17.3. The van der Waals surface area contributed by atoms with E-state index in [9.17, 15) is 23.1 Å². The summed E-state index contributed by atoms with van der Waals surface area (Å²) in [6.07, 6.45) is 0. The fourth-order valence-corrected chi connectivity index (χ4v) is 4.07. The van der Waals surface area contributed by atoms with Gasteiger partial charge in [-0.05, 0) is 48.9 Å². The molecule has 160 valence electrons. The van der Waals surface area contributed by atoms with Crippen LogP contribution in [-0.4, -0.2) is 37.8 Å². The van der Waals surface area contributed by atoms with E-state index >= 15 is 0 Å². The molecule has 0 aliphatic carbocycles. The number of benzene rings is 3. The van der Waals surface area contributed by atoms with E-state index in [1.807, 2.05) is 25.1 Å². The van der Waals surface area contributed by atoms with Gasteiger partial charge in [0.05, 0.1) is 37.4 Å². The Bertz CT molecular complexity index is 1650. The molecule has 5 aromatic rings. The van der Waals surface area contributed by atoms with E-state index in [2.05, 4.69) is 19.9 Å². The topological polar surface area (TPSA) is 155 Å². The highest BCUT2D eigenvalue weighted by Gasteiger charge is 2.21. The maximum absolute atomic E-state index is 11.8. The molecule has 11 heteroatoms. The monoisotopic (exact) mass is 449 g/mol. The smallest absolute Gasteiger partial charge is 0.294 e. The van der Waals surface area contributed by atoms with Crippen molar-refractivity contribution < 1.29 is 17.9 Å². The van der Waals surface area contributed by atoms with Crippen LogP contribution in [-0.2, 0) is 10.1 Å². The molecule has 0 aliphatic rings. The van der Waals surface area contributed by atoms with Gasteiger partial charge < -0.3 is 9.97 Å². The Morgan fingerprint density at radius 2 is 1.56 bits per heavy atom. The third-order valence-corrected chi connectivity index (χ3v) is 5.96. The van der Waals surface area contributed by atoms with Crippen LogP contribution < -0.4 is 0 Å². The fourth-order valence-electron chi connectivity index (χ4n) is 3.57. The number of nitrogens with one attached hydrogen (secondary N) is 2. The third-order valence-electron chi connectivity index (χ3n) is 5.11. The van der Waals surface area contributed by atoms with E-state index in [0.717, 1.165) is 16.6 Å². The zero-order chi connectivity index (χ0) is 22.6. The number of nitro benzene ring substituents is 1. The average molecular weight is 449 g/mol. The first-order chi connectivity index (χ1) is 15.2. The third kappa shape index (κ3) is 3.39. The SMILES string of the molecule is Cc1ccc2nc(-c3ccc(-c4nc5ccc(S(=O)(=O)O)cc5[nH]4)c([N+](=O)[O-])c3)[nH]c2c1. The van der Waals surface area contributed by atoms with E-state index in [-0.39, 0.29) is 22.0 Å². The van der Waals surface area contributed by atoms with Gasteiger partial charge in [0.25, 0.3) is 15.8 Å². The molecule has 0 spiro atoms. The molecule has 2 heterocycles. The number of aryl methyl sites for hydroxylation is 1. The number of H-pyrrole nitrogens is 2. The lowest BCUT2D eigenvalue weighted by molar-refractivity contribution is -0.384. The number of aromatic amines is 2. The second-order valence-electron chi connectivity index (χ2n) is 7.33. The number of hydrogen-bond donors (Lipinski definition) is 3. The van der Waals surface area contributed by atoms with Crippen molar-refractivity contribution in [2.45, 2.75) is 11.8 Å². The van der Waals surface area contributed by atoms with Gasteiger partial charge in [0.2, 0.25) is 0 Å². The summed E-state index contributed by atoms with van der Waals surface area (Å²) in [5, 5.41) is 11.8. The van der Waals surface area contributed by atoms with Crippen LogP contribution in [0, 0.1) is 17.0 Å². The summed E-state index contributed by atoms with van der Waals surface area (Å²) in [4.78, 5) is 25.9. The highest BCUT2D eigenvalue weighted by molar-refractivity contribution is 7.85. The first-order valence-electron chi connectivity index (χ1n) is 9.42. The number of imidazole rings is 2. The van der Waals surface area contributed by atoms with Crippen LogP contribution in [0.15, 0.2) is 59.5 Å². The fraction of sp³-hybridized carbons (Fsp3) is 0.0476. The molecule has 5 rings (SSSR count). The molecule has 0 aliphatic heterocycles. The van der Waals surface area contributed by atoms with Gasteiger partial charge in [-0.3, -0.25) is 14.7 Å². The van der Waals surface area contributed by atoms with E-state index in [1.165, 1.54) is 24.3 Å². The zero-order valence-electron chi connectivity index (χ0n) is 16.5. The maximum Gasteiger partial charge on any atom is 0.294 e. The lowest BCUT2D eigenvalue weighted by Gasteiger charge is -2.02. The minimum absolute atomic E-state index is 0.187.